The predicted octanol–water partition coefficient (Wildman–Crippen LogP) is 18.6. The number of hydrogen-bond donors (Lipinski definition) is 0. The monoisotopic (exact) mass is 1050 g/mol. The van der Waals surface area contributed by atoms with Crippen LogP contribution in [0.4, 0.5) is 0 Å². The topological polar surface area (TPSA) is 35.9 Å². The van der Waals surface area contributed by atoms with E-state index in [-0.39, 0.29) is 39.2 Å². The Hall–Kier alpha value is -7.24. The second kappa shape index (κ2) is 17.6. The zero-order valence-electron chi connectivity index (χ0n) is 80.7. The predicted molar refractivity (Wildman–Crippen MR) is 321 cm³/mol. The molecule has 0 aliphatic heterocycles. The molecule has 0 atom stereocenters. The van der Waals surface area contributed by atoms with Crippen LogP contribution in [0.5, 0.6) is 11.5 Å². The number of nitrogens with zero attached hydrogens (tertiary/aromatic N) is 4. The Morgan fingerprint density at radius 2 is 1.12 bits per heavy atom. The number of rotatable bonds is 7. The lowest BCUT2D eigenvalue weighted by Gasteiger charge is -2.42. The molecule has 2 aliphatic carbocycles. The van der Waals surface area contributed by atoms with E-state index in [1.54, 1.807) is 30.5 Å². The van der Waals surface area contributed by atoms with Gasteiger partial charge in [0.05, 0.1) is 41.7 Å². The van der Waals surface area contributed by atoms with Crippen LogP contribution >= 0.6 is 0 Å². The van der Waals surface area contributed by atoms with Crippen molar-refractivity contribution >= 4 is 32.8 Å². The smallest absolute Gasteiger partial charge is 0.269 e. The lowest BCUT2D eigenvalue weighted by Crippen LogP contribution is -2.34. The highest BCUT2D eigenvalue weighted by atomic mass is 16.5. The molecule has 0 radical (unpaired) electrons. The van der Waals surface area contributed by atoms with Gasteiger partial charge in [-0.1, -0.05) is 193 Å². The zero-order chi connectivity index (χ0) is 86.6. The maximum absolute atomic E-state index is 10.6. The van der Waals surface area contributed by atoms with Gasteiger partial charge in [-0.15, -0.1) is 0 Å². The van der Waals surface area contributed by atoms with Gasteiger partial charge in [0.15, 0.2) is 0 Å². The number of fused-ring (bicyclic) bond motifs is 6. The minimum absolute atomic E-state index is 0.0544. The van der Waals surface area contributed by atoms with Crippen LogP contribution in [-0.2, 0) is 32.5 Å². The molecule has 0 N–H and O–H groups in total. The van der Waals surface area contributed by atoms with Gasteiger partial charge in [-0.2, -0.15) is 0 Å². The van der Waals surface area contributed by atoms with Crippen LogP contribution in [-0.4, -0.2) is 14.1 Å². The Morgan fingerprint density at radius 1 is 0.558 bits per heavy atom. The van der Waals surface area contributed by atoms with Crippen LogP contribution < -0.4 is 9.30 Å². The van der Waals surface area contributed by atoms with Crippen molar-refractivity contribution in [1.29, 1.82) is 0 Å². The lowest BCUT2D eigenvalue weighted by molar-refractivity contribution is -0.571. The largest absolute Gasteiger partial charge is 0.458 e. The van der Waals surface area contributed by atoms with Crippen LogP contribution in [0.2, 0.25) is 0 Å². The van der Waals surface area contributed by atoms with Gasteiger partial charge >= 0.3 is 0 Å². The normalized spacial score (nSPS) is 27.8. The van der Waals surface area contributed by atoms with Gasteiger partial charge in [0, 0.05) is 66.9 Å². The fraction of sp³-hybridized carbons (Fsp3) is 0.333. The average Bonchev–Trinajstić information content (AvgIpc) is 1.29. The number of ether oxygens (including phenoxy) is 1. The van der Waals surface area contributed by atoms with Crippen molar-refractivity contribution in [2.24, 2.45) is 0 Å². The van der Waals surface area contributed by atoms with E-state index >= 15 is 0 Å². The van der Waals surface area contributed by atoms with Crippen molar-refractivity contribution in [3.8, 4) is 50.9 Å². The van der Waals surface area contributed by atoms with Crippen LogP contribution in [0.3, 0.4) is 0 Å². The van der Waals surface area contributed by atoms with E-state index in [2.05, 4.69) is 27.1 Å². The molecule has 0 fully saturated rings. The first-order chi connectivity index (χ1) is 52.0. The fourth-order valence-corrected chi connectivity index (χ4v) is 10.0. The molecular weight excluding hydrogens is 937 g/mol. The number of para-hydroxylation sites is 3. The van der Waals surface area contributed by atoms with Gasteiger partial charge < -0.3 is 4.74 Å². The summed E-state index contributed by atoms with van der Waals surface area (Å²) in [5, 5.41) is 1.71. The number of benzene rings is 7. The zero-order valence-corrected chi connectivity index (χ0v) is 42.7. The van der Waals surface area contributed by atoms with Crippen LogP contribution in [0.25, 0.3) is 72.3 Å². The molecule has 2 aliphatic rings. The summed E-state index contributed by atoms with van der Waals surface area (Å²) in [6, 6.07) is 20.7. The first-order valence-electron chi connectivity index (χ1n) is 43.7. The molecule has 0 bridgehead atoms. The average molecular weight is 1050 g/mol. The molecule has 10 aromatic rings. The molecule has 5 heteroatoms. The summed E-state index contributed by atoms with van der Waals surface area (Å²) >= 11 is 0. The Bertz CT molecular complexity index is 5420. The van der Waals surface area contributed by atoms with Gasteiger partial charge in [-0.3, -0.25) is 13.7 Å². The minimum Gasteiger partial charge on any atom is -0.458 e. The molecule has 0 spiro atoms. The quantitative estimate of drug-likeness (QED) is 0.118. The number of aromatic nitrogens is 4. The molecule has 3 aromatic heterocycles. The van der Waals surface area contributed by atoms with Crippen LogP contribution in [0.15, 0.2) is 158 Å². The summed E-state index contributed by atoms with van der Waals surface area (Å²) < 4.78 is 368. The molecule has 7 aromatic carbocycles. The Kier molecular flexibility index (Phi) is 5.36. The number of imidazole rings is 1. The summed E-state index contributed by atoms with van der Waals surface area (Å²) in [6.45, 7) is -25.9. The fourth-order valence-electron chi connectivity index (χ4n) is 10.0. The van der Waals surface area contributed by atoms with E-state index in [4.69, 9.17) is 26.2 Å². The molecule has 0 amide bonds. The third-order valence-electron chi connectivity index (χ3n) is 14.1. The maximum atomic E-state index is 10.6. The van der Waals surface area contributed by atoms with Gasteiger partial charge in [-0.05, 0) is 162 Å². The maximum Gasteiger partial charge on any atom is 0.269 e. The van der Waals surface area contributed by atoms with E-state index in [1.165, 1.54) is 61.7 Å². The lowest BCUT2D eigenvalue weighted by atomic mass is 9.62. The molecule has 0 saturated heterocycles. The highest BCUT2D eigenvalue weighted by Crippen LogP contribution is 2.50. The number of pyridine rings is 1. The first kappa shape index (κ1) is 23.4. The summed E-state index contributed by atoms with van der Waals surface area (Å²) in [6.07, 6.45) is -14.5. The highest BCUT2D eigenvalue weighted by Gasteiger charge is 2.39. The summed E-state index contributed by atoms with van der Waals surface area (Å²) in [7, 11) is 0. The molecule has 5 nitrogen and oxygen atoms in total. The van der Waals surface area contributed by atoms with Crippen molar-refractivity contribution in [2.45, 2.75) is 154 Å². The molecule has 0 unspecified atom stereocenters. The van der Waals surface area contributed by atoms with Crippen molar-refractivity contribution in [2.75, 3.05) is 0 Å². The van der Waals surface area contributed by atoms with Crippen molar-refractivity contribution in [3.63, 3.8) is 0 Å². The van der Waals surface area contributed by atoms with E-state index in [1.807, 2.05) is 47.0 Å². The highest BCUT2D eigenvalue weighted by molar-refractivity contribution is 6.09. The van der Waals surface area contributed by atoms with E-state index in [9.17, 15) is 35.6 Å². The Morgan fingerprint density at radius 3 is 1.73 bits per heavy atom. The van der Waals surface area contributed by atoms with Crippen molar-refractivity contribution < 1.29 is 61.4 Å². The molecule has 12 rings (SSSR count). The molecule has 0 saturated carbocycles. The molecule has 77 heavy (non-hydrogen) atoms. The molecular formula is C72H76N4O. The van der Waals surface area contributed by atoms with Crippen molar-refractivity contribution in [3.05, 3.63) is 197 Å². The molecule has 390 valence electrons. The van der Waals surface area contributed by atoms with E-state index in [0.717, 1.165) is 38.6 Å². The van der Waals surface area contributed by atoms with E-state index in [0.29, 0.717) is 11.3 Å². The minimum atomic E-state index is -4.86. The van der Waals surface area contributed by atoms with Gasteiger partial charge in [0.1, 0.15) is 17.3 Å². The van der Waals surface area contributed by atoms with Crippen LogP contribution in [0, 0.1) is 6.33 Å². The summed E-state index contributed by atoms with van der Waals surface area (Å²) in [4.78, 5) is 4.78. The van der Waals surface area contributed by atoms with E-state index < -0.39 is 194 Å². The van der Waals surface area contributed by atoms with Gasteiger partial charge in [0.25, 0.3) is 6.33 Å². The number of hydrogen-bond acceptors (Lipinski definition) is 2. The second-order valence-electron chi connectivity index (χ2n) is 21.7. The first-order valence-corrected chi connectivity index (χ1v) is 24.7. The van der Waals surface area contributed by atoms with Crippen LogP contribution in [0.1, 0.15) is 207 Å². The Balaban J connectivity index is 1.29. The molecule has 3 heterocycles. The standard InChI is InChI=1S/C72H76N4O/c1-67(2,3)48-32-37-73-65(42-48)76-61-23-16-15-22-53(61)54-29-28-52(44-64(54)76)77-51-21-19-20-50(43-51)74-45-75(63-25-18-17-24-62(63)74)66-55(46-26-30-57-59(38-46)71(11,12)35-33-69(57,7)8)40-49(68(4,5)6)41-56(66)47-27-31-58-60(39-47)72(13,14)36-34-70(58,9)10/h15-32,37-44H,33-36H2,1-14H3/i7D3,8D3,9D3,10D3,11D3,12D3,13D3,14D3,26D,27D,30D,31D,33D2,34D2,35D2,36D2,38D,39D. The van der Waals surface area contributed by atoms with Gasteiger partial charge in [-0.25, -0.2) is 4.98 Å². The van der Waals surface area contributed by atoms with Gasteiger partial charge in [0.2, 0.25) is 0 Å². The second-order valence-corrected chi connectivity index (χ2v) is 21.7. The Labute approximate surface area is 511 Å². The summed E-state index contributed by atoms with van der Waals surface area (Å²) in [5.41, 5.74) is -31.0. The van der Waals surface area contributed by atoms with Crippen molar-refractivity contribution in [1.82, 2.24) is 14.1 Å². The SMILES string of the molecule is [2H]c1c([2H])c2c(c([2H])c1-c1cc(C(C)(C)C)cc(-c3c([2H])c([2H])c4c(c3[2H])C(C([2H])([2H])[2H])(C([2H])([2H])[2H])C([2H])([2H])C([2H])([2H])C4(C([2H])([2H])[2H])C([2H])([2H])[2H])c1-[n+]1[c-]n(-c3cccc(Oc4ccc5c6ccccc6n(-c6cc(C(C)(C)C)ccn6)c5c4)c3)c3ccccc31)C(C([2H])([2H])[2H])(C([2H])([2H])[2H])C([2H])([2H])C([2H])([2H])C2(C([2H])([2H])[2H])C([2H])([2H])[2H]. The summed E-state index contributed by atoms with van der Waals surface area (Å²) in [5.74, 6) is 1.02. The third-order valence-corrected chi connectivity index (χ3v) is 14.1. The third kappa shape index (κ3) is 8.69.